The second-order valence-corrected chi connectivity index (χ2v) is 5.59. The lowest BCUT2D eigenvalue weighted by Gasteiger charge is -2.11. The van der Waals surface area contributed by atoms with Crippen molar-refractivity contribution in [3.63, 3.8) is 0 Å². The molecule has 0 aliphatic heterocycles. The van der Waals surface area contributed by atoms with Crippen molar-refractivity contribution in [2.24, 2.45) is 0 Å². The SMILES string of the molecule is CC(C)c1nc2cc(N)ccc2n1Cc1cccc(F)c1. The topological polar surface area (TPSA) is 43.8 Å². The zero-order chi connectivity index (χ0) is 15.0. The van der Waals surface area contributed by atoms with Crippen molar-refractivity contribution in [3.8, 4) is 0 Å². The Hall–Kier alpha value is -2.36. The van der Waals surface area contributed by atoms with Crippen molar-refractivity contribution in [1.82, 2.24) is 9.55 Å². The highest BCUT2D eigenvalue weighted by atomic mass is 19.1. The second-order valence-electron chi connectivity index (χ2n) is 5.59. The van der Waals surface area contributed by atoms with Gasteiger partial charge in [0, 0.05) is 18.2 Å². The van der Waals surface area contributed by atoms with Crippen LogP contribution < -0.4 is 5.73 Å². The molecule has 21 heavy (non-hydrogen) atoms. The Kier molecular flexibility index (Phi) is 3.37. The molecule has 0 unspecified atom stereocenters. The molecular formula is C17H18FN3. The van der Waals surface area contributed by atoms with Crippen molar-refractivity contribution < 1.29 is 4.39 Å². The average Bonchev–Trinajstić information content (AvgIpc) is 2.77. The molecule has 0 bridgehead atoms. The van der Waals surface area contributed by atoms with Gasteiger partial charge in [-0.3, -0.25) is 0 Å². The smallest absolute Gasteiger partial charge is 0.123 e. The fourth-order valence-corrected chi connectivity index (χ4v) is 2.59. The van der Waals surface area contributed by atoms with E-state index in [4.69, 9.17) is 5.73 Å². The monoisotopic (exact) mass is 283 g/mol. The van der Waals surface area contributed by atoms with Gasteiger partial charge in [-0.15, -0.1) is 0 Å². The summed E-state index contributed by atoms with van der Waals surface area (Å²) in [5.41, 5.74) is 9.37. The predicted molar refractivity (Wildman–Crippen MR) is 83.7 cm³/mol. The summed E-state index contributed by atoms with van der Waals surface area (Å²) in [7, 11) is 0. The van der Waals surface area contributed by atoms with Gasteiger partial charge in [0.15, 0.2) is 0 Å². The van der Waals surface area contributed by atoms with Gasteiger partial charge < -0.3 is 10.3 Å². The Labute approximate surface area is 123 Å². The zero-order valence-corrected chi connectivity index (χ0v) is 12.2. The number of nitrogens with two attached hydrogens (primary N) is 1. The van der Waals surface area contributed by atoms with E-state index in [9.17, 15) is 4.39 Å². The number of rotatable bonds is 3. The molecule has 0 atom stereocenters. The molecule has 0 radical (unpaired) electrons. The molecule has 0 spiro atoms. The molecule has 0 aliphatic rings. The molecule has 1 aromatic heterocycles. The third kappa shape index (κ3) is 2.61. The van der Waals surface area contributed by atoms with Crippen LogP contribution in [0.2, 0.25) is 0 Å². The number of anilines is 1. The molecule has 2 aromatic carbocycles. The number of nitrogens with zero attached hydrogens (tertiary/aromatic N) is 2. The van der Waals surface area contributed by atoms with Gasteiger partial charge in [0.05, 0.1) is 11.0 Å². The standard InChI is InChI=1S/C17H18FN3/c1-11(2)17-20-15-9-14(19)6-7-16(15)21(17)10-12-4-3-5-13(18)8-12/h3-9,11H,10,19H2,1-2H3. The molecule has 0 saturated carbocycles. The Morgan fingerprint density at radius 1 is 1.19 bits per heavy atom. The minimum atomic E-state index is -0.215. The fourth-order valence-electron chi connectivity index (χ4n) is 2.59. The van der Waals surface area contributed by atoms with Crippen LogP contribution in [0.1, 0.15) is 31.2 Å². The Balaban J connectivity index is 2.13. The molecule has 0 fully saturated rings. The molecule has 2 N–H and O–H groups in total. The summed E-state index contributed by atoms with van der Waals surface area (Å²) in [4.78, 5) is 4.68. The first-order valence-corrected chi connectivity index (χ1v) is 7.04. The zero-order valence-electron chi connectivity index (χ0n) is 12.2. The van der Waals surface area contributed by atoms with Crippen LogP contribution in [0.25, 0.3) is 11.0 Å². The molecule has 0 saturated heterocycles. The first kappa shape index (κ1) is 13.6. The third-order valence-corrected chi connectivity index (χ3v) is 3.55. The number of hydrogen-bond donors (Lipinski definition) is 1. The number of imidazole rings is 1. The summed E-state index contributed by atoms with van der Waals surface area (Å²) < 4.78 is 15.5. The number of nitrogen functional groups attached to an aromatic ring is 1. The molecule has 3 aromatic rings. The molecule has 3 nitrogen and oxygen atoms in total. The lowest BCUT2D eigenvalue weighted by Crippen LogP contribution is -2.06. The molecule has 0 amide bonds. The van der Waals surface area contributed by atoms with Crippen LogP contribution >= 0.6 is 0 Å². The Morgan fingerprint density at radius 2 is 2.00 bits per heavy atom. The van der Waals surface area contributed by atoms with Gasteiger partial charge in [0.1, 0.15) is 11.6 Å². The first-order chi connectivity index (χ1) is 10.0. The third-order valence-electron chi connectivity index (χ3n) is 3.55. The van der Waals surface area contributed by atoms with Crippen LogP contribution in [-0.2, 0) is 6.54 Å². The van der Waals surface area contributed by atoms with Gasteiger partial charge in [-0.1, -0.05) is 26.0 Å². The molecular weight excluding hydrogens is 265 g/mol. The Bertz CT molecular complexity index is 790. The van der Waals surface area contributed by atoms with Crippen LogP contribution in [0.5, 0.6) is 0 Å². The van der Waals surface area contributed by atoms with Gasteiger partial charge in [-0.25, -0.2) is 9.37 Å². The number of benzene rings is 2. The highest BCUT2D eigenvalue weighted by Crippen LogP contribution is 2.24. The van der Waals surface area contributed by atoms with E-state index in [1.54, 1.807) is 12.1 Å². The maximum atomic E-state index is 13.4. The number of hydrogen-bond acceptors (Lipinski definition) is 2. The van der Waals surface area contributed by atoms with E-state index < -0.39 is 0 Å². The molecule has 1 heterocycles. The van der Waals surface area contributed by atoms with E-state index in [2.05, 4.69) is 23.4 Å². The molecule has 108 valence electrons. The van der Waals surface area contributed by atoms with Crippen LogP contribution in [0.3, 0.4) is 0 Å². The largest absolute Gasteiger partial charge is 0.399 e. The van der Waals surface area contributed by atoms with Gasteiger partial charge in [-0.05, 0) is 35.9 Å². The lowest BCUT2D eigenvalue weighted by atomic mass is 10.2. The van der Waals surface area contributed by atoms with Gasteiger partial charge in [-0.2, -0.15) is 0 Å². The van der Waals surface area contributed by atoms with E-state index >= 15 is 0 Å². The molecule has 4 heteroatoms. The van der Waals surface area contributed by atoms with Crippen LogP contribution in [-0.4, -0.2) is 9.55 Å². The molecule has 0 aliphatic carbocycles. The number of halogens is 1. The average molecular weight is 283 g/mol. The van der Waals surface area contributed by atoms with Crippen molar-refractivity contribution in [2.75, 3.05) is 5.73 Å². The Morgan fingerprint density at radius 3 is 2.71 bits per heavy atom. The van der Waals surface area contributed by atoms with E-state index in [-0.39, 0.29) is 11.7 Å². The highest BCUT2D eigenvalue weighted by molar-refractivity contribution is 5.79. The summed E-state index contributed by atoms with van der Waals surface area (Å²) in [5.74, 6) is 1.05. The van der Waals surface area contributed by atoms with E-state index in [0.29, 0.717) is 12.2 Å². The van der Waals surface area contributed by atoms with E-state index in [1.807, 2.05) is 24.3 Å². The van der Waals surface area contributed by atoms with Crippen molar-refractivity contribution in [3.05, 3.63) is 59.7 Å². The maximum absolute atomic E-state index is 13.4. The van der Waals surface area contributed by atoms with Gasteiger partial charge in [0.2, 0.25) is 0 Å². The highest BCUT2D eigenvalue weighted by Gasteiger charge is 2.14. The quantitative estimate of drug-likeness (QED) is 0.740. The summed E-state index contributed by atoms with van der Waals surface area (Å²) in [6.07, 6.45) is 0. The summed E-state index contributed by atoms with van der Waals surface area (Å²) in [6, 6.07) is 12.4. The second kappa shape index (κ2) is 5.20. The maximum Gasteiger partial charge on any atom is 0.123 e. The van der Waals surface area contributed by atoms with Gasteiger partial charge in [0.25, 0.3) is 0 Å². The number of fused-ring (bicyclic) bond motifs is 1. The van der Waals surface area contributed by atoms with E-state index in [0.717, 1.165) is 22.4 Å². The van der Waals surface area contributed by atoms with Crippen molar-refractivity contribution >= 4 is 16.7 Å². The number of aromatic nitrogens is 2. The summed E-state index contributed by atoms with van der Waals surface area (Å²) in [5, 5.41) is 0. The summed E-state index contributed by atoms with van der Waals surface area (Å²) >= 11 is 0. The van der Waals surface area contributed by atoms with E-state index in [1.165, 1.54) is 6.07 Å². The van der Waals surface area contributed by atoms with Crippen LogP contribution in [0.4, 0.5) is 10.1 Å². The van der Waals surface area contributed by atoms with Crippen LogP contribution in [0.15, 0.2) is 42.5 Å². The van der Waals surface area contributed by atoms with Crippen LogP contribution in [0, 0.1) is 5.82 Å². The van der Waals surface area contributed by atoms with Gasteiger partial charge >= 0.3 is 0 Å². The predicted octanol–water partition coefficient (Wildman–Crippen LogP) is 3.93. The minimum Gasteiger partial charge on any atom is -0.399 e. The fraction of sp³-hybridized carbons (Fsp3) is 0.235. The normalized spacial score (nSPS) is 11.4. The first-order valence-electron chi connectivity index (χ1n) is 7.04. The van der Waals surface area contributed by atoms with Crippen molar-refractivity contribution in [1.29, 1.82) is 0 Å². The lowest BCUT2D eigenvalue weighted by molar-refractivity contribution is 0.621. The van der Waals surface area contributed by atoms with Crippen molar-refractivity contribution in [2.45, 2.75) is 26.3 Å². The minimum absolute atomic E-state index is 0.215. The molecule has 3 rings (SSSR count). The summed E-state index contributed by atoms with van der Waals surface area (Å²) in [6.45, 7) is 4.81.